The Morgan fingerprint density at radius 1 is 1.32 bits per heavy atom. The zero-order chi connectivity index (χ0) is 13.2. The van der Waals surface area contributed by atoms with Gasteiger partial charge >= 0.3 is 0 Å². The minimum Gasteiger partial charge on any atom is -0.396 e. The van der Waals surface area contributed by atoms with E-state index in [0.29, 0.717) is 5.92 Å². The molecule has 19 heavy (non-hydrogen) atoms. The number of hydrogen-bond donors (Lipinski definition) is 2. The van der Waals surface area contributed by atoms with Crippen molar-refractivity contribution in [2.45, 2.75) is 6.42 Å². The van der Waals surface area contributed by atoms with Gasteiger partial charge in [0.05, 0.1) is 11.0 Å². The molecule has 0 radical (unpaired) electrons. The summed E-state index contributed by atoms with van der Waals surface area (Å²) in [4.78, 5) is 11.5. The normalized spacial score (nSPS) is 19.1. The number of nitrogens with one attached hydrogen (secondary N) is 1. The molecule has 1 atom stereocenters. The number of anilines is 2. The molecule has 5 heteroatoms. The Morgan fingerprint density at radius 3 is 2.68 bits per heavy atom. The molecule has 0 spiro atoms. The Kier molecular flexibility index (Phi) is 3.21. The van der Waals surface area contributed by atoms with Crippen molar-refractivity contribution in [2.75, 3.05) is 37.0 Å². The summed E-state index contributed by atoms with van der Waals surface area (Å²) in [5.74, 6) is 2.03. The lowest BCUT2D eigenvalue weighted by molar-refractivity contribution is 0.238. The maximum absolute atomic E-state index is 9.25. The van der Waals surface area contributed by atoms with Crippen molar-refractivity contribution < 1.29 is 5.11 Å². The molecular formula is C14H18N4O. The fraction of sp³-hybridized carbons (Fsp3) is 0.429. The second-order valence-electron chi connectivity index (χ2n) is 4.92. The summed E-state index contributed by atoms with van der Waals surface area (Å²) in [7, 11) is 1.86. The van der Waals surface area contributed by atoms with Crippen molar-refractivity contribution in [3.8, 4) is 0 Å². The van der Waals surface area contributed by atoms with Gasteiger partial charge in [-0.15, -0.1) is 0 Å². The van der Waals surface area contributed by atoms with E-state index in [4.69, 9.17) is 4.98 Å². The number of fused-ring (bicyclic) bond motifs is 1. The first-order valence-corrected chi connectivity index (χ1v) is 6.62. The van der Waals surface area contributed by atoms with E-state index in [1.165, 1.54) is 0 Å². The predicted molar refractivity (Wildman–Crippen MR) is 76.5 cm³/mol. The van der Waals surface area contributed by atoms with Crippen molar-refractivity contribution in [3.63, 3.8) is 0 Å². The van der Waals surface area contributed by atoms with E-state index < -0.39 is 0 Å². The van der Waals surface area contributed by atoms with Gasteiger partial charge in [0.1, 0.15) is 0 Å². The maximum atomic E-state index is 9.25. The van der Waals surface area contributed by atoms with E-state index in [-0.39, 0.29) is 6.61 Å². The third-order valence-corrected chi connectivity index (χ3v) is 3.63. The quantitative estimate of drug-likeness (QED) is 0.873. The summed E-state index contributed by atoms with van der Waals surface area (Å²) in [6.07, 6.45) is 1.01. The van der Waals surface area contributed by atoms with Crippen molar-refractivity contribution in [1.29, 1.82) is 0 Å². The molecule has 2 heterocycles. The Morgan fingerprint density at radius 2 is 2.05 bits per heavy atom. The third kappa shape index (κ3) is 2.21. The highest BCUT2D eigenvalue weighted by Gasteiger charge is 2.25. The lowest BCUT2D eigenvalue weighted by atomic mass is 10.1. The number of nitrogens with zero attached hydrogens (tertiary/aromatic N) is 3. The number of aliphatic hydroxyl groups excluding tert-OH is 1. The van der Waals surface area contributed by atoms with Gasteiger partial charge in [0.25, 0.3) is 0 Å². The highest BCUT2D eigenvalue weighted by molar-refractivity contribution is 5.80. The Hall–Kier alpha value is -1.88. The largest absolute Gasteiger partial charge is 0.396 e. The fourth-order valence-electron chi connectivity index (χ4n) is 2.55. The number of benzene rings is 1. The second-order valence-corrected chi connectivity index (χ2v) is 4.92. The first-order chi connectivity index (χ1) is 9.31. The van der Waals surface area contributed by atoms with Crippen LogP contribution in [-0.2, 0) is 0 Å². The van der Waals surface area contributed by atoms with E-state index in [9.17, 15) is 5.11 Å². The molecule has 0 saturated carbocycles. The lowest BCUT2D eigenvalue weighted by Crippen LogP contribution is -2.23. The fourth-order valence-corrected chi connectivity index (χ4v) is 2.55. The van der Waals surface area contributed by atoms with E-state index in [0.717, 1.165) is 42.2 Å². The first-order valence-electron chi connectivity index (χ1n) is 6.62. The van der Waals surface area contributed by atoms with Crippen LogP contribution in [0.25, 0.3) is 11.0 Å². The summed E-state index contributed by atoms with van der Waals surface area (Å²) in [5.41, 5.74) is 1.80. The molecular weight excluding hydrogens is 240 g/mol. The Labute approximate surface area is 112 Å². The second kappa shape index (κ2) is 5.01. The topological polar surface area (TPSA) is 61.3 Å². The van der Waals surface area contributed by atoms with Gasteiger partial charge in [-0.1, -0.05) is 12.1 Å². The predicted octanol–water partition coefficient (Wildman–Crippen LogP) is 1.49. The van der Waals surface area contributed by atoms with Crippen molar-refractivity contribution >= 4 is 22.7 Å². The monoisotopic (exact) mass is 258 g/mol. The number of para-hydroxylation sites is 2. The lowest BCUT2D eigenvalue weighted by Gasteiger charge is -2.20. The zero-order valence-corrected chi connectivity index (χ0v) is 11.0. The van der Waals surface area contributed by atoms with Crippen LogP contribution in [0.2, 0.25) is 0 Å². The summed E-state index contributed by atoms with van der Waals surface area (Å²) in [6.45, 7) is 2.01. The summed E-state index contributed by atoms with van der Waals surface area (Å²) >= 11 is 0. The molecule has 0 bridgehead atoms. The van der Waals surface area contributed by atoms with Crippen molar-refractivity contribution in [2.24, 2.45) is 5.92 Å². The van der Waals surface area contributed by atoms with E-state index in [1.807, 2.05) is 31.3 Å². The number of aliphatic hydroxyl groups is 1. The van der Waals surface area contributed by atoms with Gasteiger partial charge in [0.15, 0.2) is 11.6 Å². The van der Waals surface area contributed by atoms with Crippen LogP contribution in [0.5, 0.6) is 0 Å². The molecule has 1 aliphatic rings. The highest BCUT2D eigenvalue weighted by atomic mass is 16.3. The van der Waals surface area contributed by atoms with Gasteiger partial charge in [0.2, 0.25) is 0 Å². The van der Waals surface area contributed by atoms with Crippen LogP contribution >= 0.6 is 0 Å². The highest BCUT2D eigenvalue weighted by Crippen LogP contribution is 2.29. The number of rotatable bonds is 3. The molecule has 1 saturated heterocycles. The van der Waals surface area contributed by atoms with E-state index in [2.05, 4.69) is 15.2 Å². The van der Waals surface area contributed by atoms with Crippen LogP contribution in [0.15, 0.2) is 24.3 Å². The molecule has 1 aromatic heterocycles. The summed E-state index contributed by atoms with van der Waals surface area (Å²) in [6, 6.07) is 7.88. The molecule has 0 aliphatic carbocycles. The van der Waals surface area contributed by atoms with Crippen LogP contribution in [0, 0.1) is 5.92 Å². The van der Waals surface area contributed by atoms with Gasteiger partial charge in [-0.05, 0) is 18.6 Å². The van der Waals surface area contributed by atoms with Gasteiger partial charge in [-0.25, -0.2) is 9.97 Å². The van der Waals surface area contributed by atoms with E-state index in [1.54, 1.807) is 0 Å². The van der Waals surface area contributed by atoms with Crippen LogP contribution in [0.3, 0.4) is 0 Å². The van der Waals surface area contributed by atoms with Gasteiger partial charge in [-0.2, -0.15) is 0 Å². The average Bonchev–Trinajstić information content (AvgIpc) is 2.94. The molecule has 3 rings (SSSR count). The molecule has 1 unspecified atom stereocenters. The summed E-state index contributed by atoms with van der Waals surface area (Å²) in [5, 5.41) is 12.4. The minimum atomic E-state index is 0.242. The van der Waals surface area contributed by atoms with Crippen LogP contribution in [-0.4, -0.2) is 41.8 Å². The molecule has 1 aromatic carbocycles. The minimum absolute atomic E-state index is 0.242. The van der Waals surface area contributed by atoms with Crippen LogP contribution in [0.1, 0.15) is 6.42 Å². The van der Waals surface area contributed by atoms with Crippen molar-refractivity contribution in [3.05, 3.63) is 24.3 Å². The van der Waals surface area contributed by atoms with Crippen molar-refractivity contribution in [1.82, 2.24) is 9.97 Å². The first kappa shape index (κ1) is 12.2. The van der Waals surface area contributed by atoms with Crippen LogP contribution in [0.4, 0.5) is 11.6 Å². The molecule has 5 nitrogen and oxygen atoms in total. The van der Waals surface area contributed by atoms with Crippen LogP contribution < -0.4 is 10.2 Å². The smallest absolute Gasteiger partial charge is 0.172 e. The standard InChI is InChI=1S/C14H18N4O/c1-15-13-14(18-7-6-10(8-18)9-19)17-12-5-3-2-4-11(12)16-13/h2-5,10,19H,6-9H2,1H3,(H,15,16). The third-order valence-electron chi connectivity index (χ3n) is 3.63. The molecule has 2 N–H and O–H groups in total. The van der Waals surface area contributed by atoms with Gasteiger partial charge < -0.3 is 15.3 Å². The van der Waals surface area contributed by atoms with Gasteiger partial charge in [-0.3, -0.25) is 0 Å². The molecule has 0 amide bonds. The Bertz CT molecular complexity index is 587. The number of hydrogen-bond acceptors (Lipinski definition) is 5. The summed E-state index contributed by atoms with van der Waals surface area (Å²) < 4.78 is 0. The molecule has 1 aliphatic heterocycles. The SMILES string of the molecule is CNc1nc2ccccc2nc1N1CCC(CO)C1. The molecule has 100 valence electrons. The zero-order valence-electron chi connectivity index (χ0n) is 11.0. The molecule has 2 aromatic rings. The molecule has 1 fully saturated rings. The number of aromatic nitrogens is 2. The Balaban J connectivity index is 2.02. The maximum Gasteiger partial charge on any atom is 0.172 e. The van der Waals surface area contributed by atoms with E-state index >= 15 is 0 Å². The van der Waals surface area contributed by atoms with Gasteiger partial charge in [0, 0.05) is 32.7 Å². The average molecular weight is 258 g/mol.